The summed E-state index contributed by atoms with van der Waals surface area (Å²) in [7, 11) is 0. The maximum Gasteiger partial charge on any atom is 0.119 e. The third kappa shape index (κ3) is 5.57. The molecule has 5 heteroatoms. The Balaban J connectivity index is 1.55. The maximum absolute atomic E-state index is 6.00. The SMILES string of the molecule is Clc1cccc(COc2ccc(CNc3cc(Cl)cc(Cl)c3)cc2)c1. The molecule has 0 saturated heterocycles. The molecule has 3 rings (SSSR count). The summed E-state index contributed by atoms with van der Waals surface area (Å²) >= 11 is 18.0. The van der Waals surface area contributed by atoms with Gasteiger partial charge in [0.15, 0.2) is 0 Å². The minimum atomic E-state index is 0.485. The average Bonchev–Trinajstić information content (AvgIpc) is 2.58. The van der Waals surface area contributed by atoms with Gasteiger partial charge in [0.05, 0.1) is 0 Å². The van der Waals surface area contributed by atoms with Crippen molar-refractivity contribution in [3.63, 3.8) is 0 Å². The molecular formula is C20H16Cl3NO. The van der Waals surface area contributed by atoms with Crippen molar-refractivity contribution in [1.29, 1.82) is 0 Å². The third-order valence-electron chi connectivity index (χ3n) is 3.58. The highest BCUT2D eigenvalue weighted by atomic mass is 35.5. The van der Waals surface area contributed by atoms with Gasteiger partial charge in [0.25, 0.3) is 0 Å². The number of anilines is 1. The van der Waals surface area contributed by atoms with Crippen LogP contribution in [0.2, 0.25) is 15.1 Å². The second-order valence-electron chi connectivity index (χ2n) is 5.57. The minimum Gasteiger partial charge on any atom is -0.489 e. The first-order valence-electron chi connectivity index (χ1n) is 7.75. The summed E-state index contributed by atoms with van der Waals surface area (Å²) in [6, 6.07) is 21.0. The molecule has 0 bridgehead atoms. The highest BCUT2D eigenvalue weighted by Crippen LogP contribution is 2.23. The van der Waals surface area contributed by atoms with Crippen molar-refractivity contribution >= 4 is 40.5 Å². The molecule has 0 aliphatic carbocycles. The van der Waals surface area contributed by atoms with Crippen LogP contribution in [-0.4, -0.2) is 0 Å². The zero-order valence-electron chi connectivity index (χ0n) is 13.3. The van der Waals surface area contributed by atoms with Gasteiger partial charge >= 0.3 is 0 Å². The molecule has 2 nitrogen and oxygen atoms in total. The topological polar surface area (TPSA) is 21.3 Å². The first-order chi connectivity index (χ1) is 12.1. The molecule has 0 saturated carbocycles. The van der Waals surface area contributed by atoms with Crippen molar-refractivity contribution < 1.29 is 4.74 Å². The zero-order valence-corrected chi connectivity index (χ0v) is 15.6. The van der Waals surface area contributed by atoms with E-state index in [1.807, 2.05) is 60.7 Å². The fraction of sp³-hybridized carbons (Fsp3) is 0.100. The van der Waals surface area contributed by atoms with Crippen LogP contribution in [-0.2, 0) is 13.2 Å². The van der Waals surface area contributed by atoms with E-state index in [-0.39, 0.29) is 0 Å². The number of benzene rings is 3. The minimum absolute atomic E-state index is 0.485. The standard InChI is InChI=1S/C20H16Cl3NO/c21-16-3-1-2-15(8-16)13-25-20-6-4-14(5-7-20)12-24-19-10-17(22)9-18(23)11-19/h1-11,24H,12-13H2. The van der Waals surface area contributed by atoms with E-state index in [1.54, 1.807) is 6.07 Å². The largest absolute Gasteiger partial charge is 0.489 e. The molecule has 25 heavy (non-hydrogen) atoms. The molecule has 0 aliphatic heterocycles. The normalized spacial score (nSPS) is 10.5. The first kappa shape index (κ1) is 17.9. The van der Waals surface area contributed by atoms with Crippen LogP contribution in [0.15, 0.2) is 66.7 Å². The Kier molecular flexibility index (Phi) is 6.09. The summed E-state index contributed by atoms with van der Waals surface area (Å²) < 4.78 is 5.78. The predicted molar refractivity (Wildman–Crippen MR) is 106 cm³/mol. The lowest BCUT2D eigenvalue weighted by Crippen LogP contribution is -2.00. The number of nitrogens with one attached hydrogen (secondary N) is 1. The lowest BCUT2D eigenvalue weighted by atomic mass is 10.2. The van der Waals surface area contributed by atoms with Gasteiger partial charge in [-0.3, -0.25) is 0 Å². The van der Waals surface area contributed by atoms with Gasteiger partial charge in [-0.1, -0.05) is 59.1 Å². The van der Waals surface area contributed by atoms with Gasteiger partial charge in [0, 0.05) is 27.3 Å². The summed E-state index contributed by atoms with van der Waals surface area (Å²) in [4.78, 5) is 0. The Morgan fingerprint density at radius 2 is 1.44 bits per heavy atom. The molecule has 3 aromatic carbocycles. The van der Waals surface area contributed by atoms with E-state index in [2.05, 4.69) is 5.32 Å². The lowest BCUT2D eigenvalue weighted by molar-refractivity contribution is 0.306. The fourth-order valence-corrected chi connectivity index (χ4v) is 3.10. The number of ether oxygens (including phenoxy) is 1. The van der Waals surface area contributed by atoms with E-state index in [0.717, 1.165) is 22.6 Å². The van der Waals surface area contributed by atoms with Gasteiger partial charge in [0.2, 0.25) is 0 Å². The maximum atomic E-state index is 6.00. The van der Waals surface area contributed by atoms with Crippen LogP contribution >= 0.6 is 34.8 Å². The molecule has 1 N–H and O–H groups in total. The Morgan fingerprint density at radius 3 is 2.12 bits per heavy atom. The molecule has 0 fully saturated rings. The Hall–Kier alpha value is -1.87. The van der Waals surface area contributed by atoms with Crippen molar-refractivity contribution in [2.24, 2.45) is 0 Å². The quantitative estimate of drug-likeness (QED) is 0.496. The molecule has 0 aliphatic rings. The van der Waals surface area contributed by atoms with Crippen molar-refractivity contribution in [3.05, 3.63) is 92.9 Å². The summed E-state index contributed by atoms with van der Waals surface area (Å²) in [6.07, 6.45) is 0. The van der Waals surface area contributed by atoms with E-state index < -0.39 is 0 Å². The predicted octanol–water partition coefficient (Wildman–Crippen LogP) is 6.84. The van der Waals surface area contributed by atoms with Crippen LogP contribution in [0.25, 0.3) is 0 Å². The van der Waals surface area contributed by atoms with Crippen molar-refractivity contribution in [3.8, 4) is 5.75 Å². The average molecular weight is 393 g/mol. The fourth-order valence-electron chi connectivity index (χ4n) is 2.36. The molecule has 0 radical (unpaired) electrons. The summed E-state index contributed by atoms with van der Waals surface area (Å²) in [5.41, 5.74) is 3.06. The van der Waals surface area contributed by atoms with Crippen molar-refractivity contribution in [2.45, 2.75) is 13.2 Å². The molecular weight excluding hydrogens is 377 g/mol. The number of hydrogen-bond donors (Lipinski definition) is 1. The van der Waals surface area contributed by atoms with Crippen molar-refractivity contribution in [2.75, 3.05) is 5.32 Å². The zero-order chi connectivity index (χ0) is 17.6. The molecule has 0 atom stereocenters. The molecule has 0 heterocycles. The second-order valence-corrected chi connectivity index (χ2v) is 6.88. The Morgan fingerprint density at radius 1 is 0.720 bits per heavy atom. The smallest absolute Gasteiger partial charge is 0.119 e. The van der Waals surface area contributed by atoms with Gasteiger partial charge in [-0.15, -0.1) is 0 Å². The summed E-state index contributed by atoms with van der Waals surface area (Å²) in [6.45, 7) is 1.16. The van der Waals surface area contributed by atoms with E-state index in [9.17, 15) is 0 Å². The van der Waals surface area contributed by atoms with Crippen LogP contribution in [0.5, 0.6) is 5.75 Å². The van der Waals surface area contributed by atoms with Crippen LogP contribution in [0.1, 0.15) is 11.1 Å². The van der Waals surface area contributed by atoms with Crippen LogP contribution in [0, 0.1) is 0 Å². The number of rotatable bonds is 6. The highest BCUT2D eigenvalue weighted by Gasteiger charge is 2.01. The Bertz CT molecular complexity index is 830. The number of halogens is 3. The van der Waals surface area contributed by atoms with E-state index in [1.165, 1.54) is 0 Å². The molecule has 0 aromatic heterocycles. The molecule has 0 amide bonds. The van der Waals surface area contributed by atoms with Crippen LogP contribution < -0.4 is 10.1 Å². The molecule has 3 aromatic rings. The number of hydrogen-bond acceptors (Lipinski definition) is 2. The van der Waals surface area contributed by atoms with Gasteiger partial charge in [-0.2, -0.15) is 0 Å². The van der Waals surface area contributed by atoms with Gasteiger partial charge in [-0.05, 0) is 53.6 Å². The lowest BCUT2D eigenvalue weighted by Gasteiger charge is -2.10. The van der Waals surface area contributed by atoms with Gasteiger partial charge < -0.3 is 10.1 Å². The summed E-state index contributed by atoms with van der Waals surface area (Å²) in [5, 5.41) is 5.24. The molecule has 0 unspecified atom stereocenters. The van der Waals surface area contributed by atoms with Crippen LogP contribution in [0.3, 0.4) is 0 Å². The monoisotopic (exact) mass is 391 g/mol. The summed E-state index contributed by atoms with van der Waals surface area (Å²) in [5.74, 6) is 0.814. The molecule has 0 spiro atoms. The Labute approximate surface area is 162 Å². The highest BCUT2D eigenvalue weighted by molar-refractivity contribution is 6.35. The van der Waals surface area contributed by atoms with E-state index in [4.69, 9.17) is 39.5 Å². The van der Waals surface area contributed by atoms with Crippen LogP contribution in [0.4, 0.5) is 5.69 Å². The van der Waals surface area contributed by atoms with E-state index in [0.29, 0.717) is 28.2 Å². The first-order valence-corrected chi connectivity index (χ1v) is 8.88. The van der Waals surface area contributed by atoms with Crippen molar-refractivity contribution in [1.82, 2.24) is 0 Å². The molecule has 128 valence electrons. The van der Waals surface area contributed by atoms with E-state index >= 15 is 0 Å². The second kappa shape index (κ2) is 8.48. The third-order valence-corrected chi connectivity index (χ3v) is 4.25. The van der Waals surface area contributed by atoms with Gasteiger partial charge in [0.1, 0.15) is 12.4 Å². The van der Waals surface area contributed by atoms with Gasteiger partial charge in [-0.25, -0.2) is 0 Å².